The Morgan fingerprint density at radius 3 is 2.02 bits per heavy atom. The minimum absolute atomic E-state index is 0.0287. The molecule has 3 aromatic carbocycles. The highest BCUT2D eigenvalue weighted by Crippen LogP contribution is 2.40. The maximum Gasteiger partial charge on any atom is 0.335 e. The van der Waals surface area contributed by atoms with Gasteiger partial charge in [-0.2, -0.15) is 0 Å². The van der Waals surface area contributed by atoms with Gasteiger partial charge in [0.1, 0.15) is 5.75 Å². The van der Waals surface area contributed by atoms with E-state index in [1.54, 1.807) is 51.1 Å². The lowest BCUT2D eigenvalue weighted by atomic mass is 9.76. The second kappa shape index (κ2) is 16.3. The van der Waals surface area contributed by atoms with Gasteiger partial charge in [0.25, 0.3) is 10.9 Å². The molecule has 286 valence electrons. The number of hydrogen-bond donors (Lipinski definition) is 3. The summed E-state index contributed by atoms with van der Waals surface area (Å²) in [4.78, 5) is 39.8. The predicted molar refractivity (Wildman–Crippen MR) is 216 cm³/mol. The number of alkyl halides is 1. The number of carbonyl (C=O) groups excluding carboxylic acids is 2. The van der Waals surface area contributed by atoms with E-state index in [1.807, 2.05) is 37.3 Å². The highest BCUT2D eigenvalue weighted by molar-refractivity contribution is 6.45. The summed E-state index contributed by atoms with van der Waals surface area (Å²) in [6.07, 6.45) is 2.20. The second-order valence-electron chi connectivity index (χ2n) is 16.2. The number of carbonyl (C=O) groups is 2. The first-order valence-corrected chi connectivity index (χ1v) is 18.9. The minimum Gasteiger partial charge on any atom is -0.492 e. The van der Waals surface area contributed by atoms with Crippen molar-refractivity contribution in [2.45, 2.75) is 117 Å². The first-order valence-electron chi connectivity index (χ1n) is 18.5. The molecule has 0 radical (unpaired) electrons. The third-order valence-corrected chi connectivity index (χ3v) is 10.9. The lowest BCUT2D eigenvalue weighted by molar-refractivity contribution is -0.138. The van der Waals surface area contributed by atoms with Crippen LogP contribution in [0.4, 0.5) is 11.5 Å². The van der Waals surface area contributed by atoms with Crippen LogP contribution in [0.25, 0.3) is 0 Å². The van der Waals surface area contributed by atoms with Crippen LogP contribution in [-0.2, 0) is 32.0 Å². The van der Waals surface area contributed by atoms with Gasteiger partial charge in [-0.25, -0.2) is 9.36 Å². The number of Topliss-reactive ketones (excluding diaryl/α,β-unsaturated/α-hetero) is 1. The number of benzene rings is 3. The molecule has 0 bridgehead atoms. The number of ketones is 1. The predicted octanol–water partition coefficient (Wildman–Crippen LogP) is 9.19. The number of nitrogens with zero attached hydrogens (tertiary/aromatic N) is 2. The Balaban J connectivity index is 1.71. The number of hydrogen-bond acceptors (Lipinski definition) is 6. The molecule has 0 aliphatic carbocycles. The highest BCUT2D eigenvalue weighted by Gasteiger charge is 2.53. The number of aromatic nitrogens is 2. The lowest BCUT2D eigenvalue weighted by Crippen LogP contribution is -2.55. The molecule has 9 nitrogen and oxygen atoms in total. The number of anilines is 2. The monoisotopic (exact) mass is 744 g/mol. The van der Waals surface area contributed by atoms with Crippen LogP contribution < -0.4 is 21.1 Å². The summed E-state index contributed by atoms with van der Waals surface area (Å²) in [7, 11) is 0. The van der Waals surface area contributed by atoms with Crippen molar-refractivity contribution in [3.63, 3.8) is 0 Å². The van der Waals surface area contributed by atoms with Gasteiger partial charge >= 0.3 is 5.69 Å². The molecule has 0 saturated heterocycles. The van der Waals surface area contributed by atoms with Gasteiger partial charge in [-0.1, -0.05) is 135 Å². The average Bonchev–Trinajstić information content (AvgIpc) is 3.35. The molecule has 1 amide bonds. The van der Waals surface area contributed by atoms with E-state index in [0.717, 1.165) is 29.7 Å². The van der Waals surface area contributed by atoms with E-state index >= 15 is 0 Å². The number of imidazole rings is 1. The van der Waals surface area contributed by atoms with Crippen molar-refractivity contribution in [2.24, 2.45) is 5.41 Å². The molecular weight excluding hydrogens is 688 g/mol. The molecule has 3 N–H and O–H groups in total. The zero-order chi connectivity index (χ0) is 39.4. The van der Waals surface area contributed by atoms with Gasteiger partial charge in [0, 0.05) is 29.6 Å². The lowest BCUT2D eigenvalue weighted by Gasteiger charge is -2.31. The molecule has 0 fully saturated rings. The molecule has 1 aromatic heterocycles. The summed E-state index contributed by atoms with van der Waals surface area (Å²) in [5.41, 5.74) is 1.50. The number of rotatable bonds is 16. The number of nitrogens with one attached hydrogen (secondary N) is 2. The summed E-state index contributed by atoms with van der Waals surface area (Å²) in [5, 5.41) is 17.7. The maximum atomic E-state index is 14.4. The third-order valence-electron chi connectivity index (χ3n) is 10.4. The van der Waals surface area contributed by atoms with Crippen LogP contribution in [-0.4, -0.2) is 38.6 Å². The Hall–Kier alpha value is -4.50. The molecule has 10 heteroatoms. The normalized spacial score (nSPS) is 13.9. The van der Waals surface area contributed by atoms with Gasteiger partial charge in [0.2, 0.25) is 5.88 Å². The molecule has 53 heavy (non-hydrogen) atoms. The first-order chi connectivity index (χ1) is 24.8. The minimum atomic E-state index is -2.62. The largest absolute Gasteiger partial charge is 0.492 e. The number of amides is 1. The van der Waals surface area contributed by atoms with E-state index < -0.39 is 33.7 Å². The standard InChI is InChI=1S/C43H57ClN4O5/c1-11-41(7,8)31-23-24-34(33(27-31)42(9,10)12-2)53-29(3)25-26-45-35-36(49)48(39(52)47(35)28-30-19-15-13-16-20-30)43(44,37(50)40(4,5)6)38(51)46-32-21-17-14-18-22-32/h13-24,27,29,45,49H,11-12,25-26,28H2,1-10H3,(H,46,51). The van der Waals surface area contributed by atoms with E-state index in [0.29, 0.717) is 23.2 Å². The Kier molecular flexibility index (Phi) is 12.7. The van der Waals surface area contributed by atoms with Crippen molar-refractivity contribution in [1.82, 2.24) is 9.13 Å². The van der Waals surface area contributed by atoms with Gasteiger partial charge in [-0.15, -0.1) is 0 Å². The van der Waals surface area contributed by atoms with Crippen LogP contribution in [0.2, 0.25) is 0 Å². The van der Waals surface area contributed by atoms with Crippen molar-refractivity contribution < 1.29 is 19.4 Å². The fraction of sp³-hybridized carbons (Fsp3) is 0.465. The quantitative estimate of drug-likeness (QED) is 0.0779. The summed E-state index contributed by atoms with van der Waals surface area (Å²) >= 11 is 7.07. The Labute approximate surface area is 319 Å². The third kappa shape index (κ3) is 9.01. The van der Waals surface area contributed by atoms with E-state index in [9.17, 15) is 19.5 Å². The van der Waals surface area contributed by atoms with Crippen molar-refractivity contribution in [2.75, 3.05) is 17.2 Å². The number of para-hydroxylation sites is 1. The SMILES string of the molecule is CCC(C)(C)c1ccc(OC(C)CCNc2c(O)n(C(Cl)(C(=O)Nc3ccccc3)C(=O)C(C)(C)C)c(=O)n2Cc2ccccc2)c(C(C)(C)CC)c1. The van der Waals surface area contributed by atoms with E-state index in [-0.39, 0.29) is 29.3 Å². The van der Waals surface area contributed by atoms with Crippen molar-refractivity contribution in [3.05, 3.63) is 106 Å². The Morgan fingerprint density at radius 2 is 1.45 bits per heavy atom. The highest BCUT2D eigenvalue weighted by atomic mass is 35.5. The fourth-order valence-electron chi connectivity index (χ4n) is 6.08. The Bertz CT molecular complexity index is 1940. The summed E-state index contributed by atoms with van der Waals surface area (Å²) in [5.74, 6) is -1.50. The van der Waals surface area contributed by atoms with Crippen LogP contribution in [0.1, 0.15) is 105 Å². The van der Waals surface area contributed by atoms with E-state index in [1.165, 1.54) is 10.1 Å². The molecule has 0 spiro atoms. The molecule has 2 unspecified atom stereocenters. The number of ether oxygens (including phenoxy) is 1. The van der Waals surface area contributed by atoms with Crippen molar-refractivity contribution in [3.8, 4) is 11.6 Å². The molecule has 0 saturated carbocycles. The van der Waals surface area contributed by atoms with Crippen LogP contribution in [0, 0.1) is 5.41 Å². The van der Waals surface area contributed by atoms with Gasteiger partial charge < -0.3 is 20.5 Å². The summed E-state index contributed by atoms with van der Waals surface area (Å²) < 4.78 is 8.57. The average molecular weight is 745 g/mol. The van der Waals surface area contributed by atoms with Gasteiger partial charge in [-0.3, -0.25) is 14.2 Å². The Morgan fingerprint density at radius 1 is 0.868 bits per heavy atom. The molecule has 1 heterocycles. The van der Waals surface area contributed by atoms with Crippen LogP contribution >= 0.6 is 11.6 Å². The molecule has 4 rings (SSSR count). The fourth-order valence-corrected chi connectivity index (χ4v) is 6.57. The summed E-state index contributed by atoms with van der Waals surface area (Å²) in [6.45, 7) is 20.5. The van der Waals surface area contributed by atoms with Gasteiger partial charge in [0.05, 0.1) is 12.6 Å². The molecule has 0 aliphatic heterocycles. The second-order valence-corrected chi connectivity index (χ2v) is 16.8. The first kappa shape index (κ1) is 41.3. The van der Waals surface area contributed by atoms with E-state index in [2.05, 4.69) is 70.4 Å². The van der Waals surface area contributed by atoms with Crippen LogP contribution in [0.3, 0.4) is 0 Å². The number of aromatic hydroxyl groups is 1. The zero-order valence-corrected chi connectivity index (χ0v) is 33.7. The van der Waals surface area contributed by atoms with Gasteiger partial charge in [-0.05, 0) is 59.9 Å². The topological polar surface area (TPSA) is 115 Å². The van der Waals surface area contributed by atoms with Gasteiger partial charge in [0.15, 0.2) is 11.6 Å². The maximum absolute atomic E-state index is 14.4. The zero-order valence-electron chi connectivity index (χ0n) is 33.0. The summed E-state index contributed by atoms with van der Waals surface area (Å²) in [6, 6.07) is 24.2. The van der Waals surface area contributed by atoms with Crippen LogP contribution in [0.15, 0.2) is 83.7 Å². The molecule has 2 atom stereocenters. The van der Waals surface area contributed by atoms with Crippen LogP contribution in [0.5, 0.6) is 11.6 Å². The smallest absolute Gasteiger partial charge is 0.335 e. The molecule has 4 aromatic rings. The molecule has 0 aliphatic rings. The molecular formula is C43H57ClN4O5. The van der Waals surface area contributed by atoms with E-state index in [4.69, 9.17) is 16.3 Å². The van der Waals surface area contributed by atoms with Crippen molar-refractivity contribution >= 4 is 34.8 Å². The van der Waals surface area contributed by atoms with Crippen molar-refractivity contribution in [1.29, 1.82) is 0 Å². The number of halogens is 1.